The summed E-state index contributed by atoms with van der Waals surface area (Å²) in [5.41, 5.74) is 0. The molecule has 0 aromatic rings. The van der Waals surface area contributed by atoms with E-state index in [0.29, 0.717) is 25.7 Å². The van der Waals surface area contributed by atoms with Gasteiger partial charge in [-0.3, -0.25) is 37.3 Å². The van der Waals surface area contributed by atoms with Crippen LogP contribution < -0.4 is 0 Å². The maximum absolute atomic E-state index is 13.2. The number of phosphoric acid groups is 2. The third kappa shape index (κ3) is 84.0. The van der Waals surface area contributed by atoms with Crippen molar-refractivity contribution in [2.45, 2.75) is 515 Å². The van der Waals surface area contributed by atoms with E-state index in [0.717, 1.165) is 95.8 Å². The molecule has 0 radical (unpaired) electrons. The van der Waals surface area contributed by atoms with Crippen LogP contribution in [0.3, 0.4) is 0 Å². The van der Waals surface area contributed by atoms with Crippen molar-refractivity contribution in [3.05, 3.63) is 0 Å². The second-order valence-corrected chi connectivity index (χ2v) is 36.1. The normalized spacial score (nSPS) is 13.7. The minimum Gasteiger partial charge on any atom is -0.462 e. The molecule has 0 saturated heterocycles. The quantitative estimate of drug-likeness (QED) is 0.0222. The summed E-state index contributed by atoms with van der Waals surface area (Å²) in [5, 5.41) is 10.7. The summed E-state index contributed by atoms with van der Waals surface area (Å²) >= 11 is 0. The van der Waals surface area contributed by atoms with E-state index in [9.17, 15) is 43.2 Å². The van der Waals surface area contributed by atoms with E-state index in [1.54, 1.807) is 0 Å². The number of phosphoric ester groups is 2. The monoisotopic (exact) mass is 1610 g/mol. The fraction of sp³-hybridized carbons (Fsp3) is 0.956. The number of aliphatic hydroxyl groups is 1. The number of aliphatic hydroxyl groups excluding tert-OH is 1. The lowest BCUT2D eigenvalue weighted by atomic mass is 10.0. The van der Waals surface area contributed by atoms with Crippen LogP contribution in [0.15, 0.2) is 0 Å². The molecule has 3 N–H and O–H groups in total. The Morgan fingerprint density at radius 1 is 0.245 bits per heavy atom. The van der Waals surface area contributed by atoms with Crippen molar-refractivity contribution in [3.8, 4) is 0 Å². The minimum atomic E-state index is -4.97. The lowest BCUT2D eigenvalue weighted by molar-refractivity contribution is -0.161. The molecule has 0 aliphatic carbocycles. The maximum Gasteiger partial charge on any atom is 0.472 e. The Hall–Kier alpha value is -1.94. The Morgan fingerprint density at radius 2 is 0.418 bits per heavy atom. The number of carbonyl (C=O) groups excluding carboxylic acids is 4. The van der Waals surface area contributed by atoms with Crippen molar-refractivity contribution in [2.24, 2.45) is 5.92 Å². The van der Waals surface area contributed by atoms with Crippen molar-refractivity contribution in [1.29, 1.82) is 0 Å². The van der Waals surface area contributed by atoms with Gasteiger partial charge in [-0.15, -0.1) is 0 Å². The zero-order valence-corrected chi connectivity index (χ0v) is 74.2. The van der Waals surface area contributed by atoms with Gasteiger partial charge < -0.3 is 33.8 Å². The summed E-state index contributed by atoms with van der Waals surface area (Å²) in [6.45, 7) is 7.38. The van der Waals surface area contributed by atoms with Crippen LogP contribution in [0.5, 0.6) is 0 Å². The highest BCUT2D eigenvalue weighted by atomic mass is 31.2. The molecule has 0 heterocycles. The molecule has 5 atom stereocenters. The van der Waals surface area contributed by atoms with Crippen LogP contribution in [0.4, 0.5) is 0 Å². The van der Waals surface area contributed by atoms with E-state index in [1.165, 1.54) is 321 Å². The van der Waals surface area contributed by atoms with Crippen LogP contribution >= 0.6 is 15.6 Å². The van der Waals surface area contributed by atoms with Gasteiger partial charge in [-0.2, -0.15) is 0 Å². The van der Waals surface area contributed by atoms with Crippen LogP contribution in [0.1, 0.15) is 497 Å². The molecule has 0 aromatic heterocycles. The maximum atomic E-state index is 13.2. The number of unbranched alkanes of at least 4 members (excludes halogenated alkanes) is 63. The van der Waals surface area contributed by atoms with E-state index in [2.05, 4.69) is 34.6 Å². The average Bonchev–Trinajstić information content (AvgIpc) is 0.896. The first kappa shape index (κ1) is 108. The molecule has 654 valence electrons. The van der Waals surface area contributed by atoms with Gasteiger partial charge in [0, 0.05) is 25.7 Å². The predicted octanol–water partition coefficient (Wildman–Crippen LogP) is 28.3. The molecular weight excluding hydrogens is 1430 g/mol. The first-order chi connectivity index (χ1) is 53.5. The first-order valence-corrected chi connectivity index (χ1v) is 50.1. The SMILES string of the molecule is CCCCCCCCCCCCCCCCCCCCCCCC(=O)O[C@H](COC(=O)CCCCCCCCCCCCCCCCCCCCCC)COP(=O)(O)OC[C@@H](O)COP(=O)(O)OC[C@@H](COC(=O)CCCCCCCCCCCC(C)C)OC(=O)CCCCCCCCCCCCCCCCCCC. The highest BCUT2D eigenvalue weighted by molar-refractivity contribution is 7.47. The highest BCUT2D eigenvalue weighted by Gasteiger charge is 2.31. The molecule has 19 heteroatoms. The Balaban J connectivity index is 5.24. The lowest BCUT2D eigenvalue weighted by Gasteiger charge is -2.21. The number of hydrogen-bond donors (Lipinski definition) is 3. The highest BCUT2D eigenvalue weighted by Crippen LogP contribution is 2.45. The molecular formula is C91H178O17P2. The summed E-state index contributed by atoms with van der Waals surface area (Å²) in [4.78, 5) is 73.4. The topological polar surface area (TPSA) is 237 Å². The Kier molecular flexibility index (Phi) is 82.1. The molecule has 0 aliphatic heterocycles. The van der Waals surface area contributed by atoms with Gasteiger partial charge in [0.05, 0.1) is 26.4 Å². The number of esters is 4. The standard InChI is InChI=1S/C91H178O17P2/c1-6-9-12-15-18-21-24-27-30-33-35-37-39-42-45-48-51-56-62-67-72-77-90(95)107-86(80-101-88(93)74-69-64-59-54-49-46-43-41-38-36-34-31-28-25-22-19-16-13-10-7-2)82-105-109(97,98)103-78-85(92)79-104-110(99,100)106-83-87(81-102-89(94)75-70-65-60-57-52-53-58-63-68-73-84(4)5)108-91(96)76-71-66-61-55-50-47-44-40-32-29-26-23-20-17-14-11-8-3/h84-87,92H,6-83H2,1-5H3,(H,97,98)(H,99,100)/t85-,86-,87-/m1/s1. The van der Waals surface area contributed by atoms with Crippen molar-refractivity contribution in [3.63, 3.8) is 0 Å². The van der Waals surface area contributed by atoms with Gasteiger partial charge in [0.15, 0.2) is 12.2 Å². The van der Waals surface area contributed by atoms with Crippen molar-refractivity contribution in [2.75, 3.05) is 39.6 Å². The van der Waals surface area contributed by atoms with Crippen LogP contribution in [0, 0.1) is 5.92 Å². The predicted molar refractivity (Wildman–Crippen MR) is 455 cm³/mol. The van der Waals surface area contributed by atoms with E-state index in [4.69, 9.17) is 37.0 Å². The smallest absolute Gasteiger partial charge is 0.462 e. The first-order valence-electron chi connectivity index (χ1n) is 47.1. The van der Waals surface area contributed by atoms with Gasteiger partial charge in [-0.1, -0.05) is 446 Å². The van der Waals surface area contributed by atoms with Gasteiger partial charge in [0.2, 0.25) is 0 Å². The van der Waals surface area contributed by atoms with E-state index in [1.807, 2.05) is 0 Å². The zero-order chi connectivity index (χ0) is 80.4. The molecule has 0 amide bonds. The Morgan fingerprint density at radius 3 is 0.618 bits per heavy atom. The number of carbonyl (C=O) groups is 4. The Labute approximate surface area is 677 Å². The third-order valence-electron chi connectivity index (χ3n) is 21.5. The van der Waals surface area contributed by atoms with Crippen LogP contribution in [-0.4, -0.2) is 96.7 Å². The molecule has 0 aliphatic rings. The zero-order valence-electron chi connectivity index (χ0n) is 72.4. The number of rotatable bonds is 91. The summed E-state index contributed by atoms with van der Waals surface area (Å²) in [7, 11) is -9.94. The van der Waals surface area contributed by atoms with Gasteiger partial charge in [0.25, 0.3) is 0 Å². The molecule has 17 nitrogen and oxygen atoms in total. The summed E-state index contributed by atoms with van der Waals surface area (Å²) in [6.07, 6.45) is 79.3. The molecule has 0 spiro atoms. The Bertz CT molecular complexity index is 2080. The van der Waals surface area contributed by atoms with Crippen LogP contribution in [0.2, 0.25) is 0 Å². The summed E-state index contributed by atoms with van der Waals surface area (Å²) in [6, 6.07) is 0. The second kappa shape index (κ2) is 83.5. The molecule has 0 rings (SSSR count). The largest absolute Gasteiger partial charge is 0.472 e. The fourth-order valence-corrected chi connectivity index (χ4v) is 15.9. The van der Waals surface area contributed by atoms with E-state index < -0.39 is 97.5 Å². The molecule has 0 fully saturated rings. The lowest BCUT2D eigenvalue weighted by Crippen LogP contribution is -2.30. The summed E-state index contributed by atoms with van der Waals surface area (Å²) < 4.78 is 69.1. The van der Waals surface area contributed by atoms with Crippen LogP contribution in [0.25, 0.3) is 0 Å². The van der Waals surface area contributed by atoms with Crippen molar-refractivity contribution >= 4 is 39.5 Å². The van der Waals surface area contributed by atoms with Crippen molar-refractivity contribution in [1.82, 2.24) is 0 Å². The van der Waals surface area contributed by atoms with Crippen LogP contribution in [-0.2, 0) is 65.4 Å². The van der Waals surface area contributed by atoms with E-state index >= 15 is 0 Å². The molecule has 0 aromatic carbocycles. The van der Waals surface area contributed by atoms with Gasteiger partial charge in [-0.25, -0.2) is 9.13 Å². The van der Waals surface area contributed by atoms with Gasteiger partial charge >= 0.3 is 39.5 Å². The average molecular weight is 1610 g/mol. The fourth-order valence-electron chi connectivity index (χ4n) is 14.4. The summed E-state index contributed by atoms with van der Waals surface area (Å²) in [5.74, 6) is -1.35. The van der Waals surface area contributed by atoms with Gasteiger partial charge in [0.1, 0.15) is 19.3 Å². The minimum absolute atomic E-state index is 0.109. The van der Waals surface area contributed by atoms with Crippen molar-refractivity contribution < 1.29 is 80.2 Å². The molecule has 2 unspecified atom stereocenters. The molecule has 0 bridgehead atoms. The van der Waals surface area contributed by atoms with Gasteiger partial charge in [-0.05, 0) is 31.6 Å². The third-order valence-corrected chi connectivity index (χ3v) is 23.4. The van der Waals surface area contributed by atoms with E-state index in [-0.39, 0.29) is 25.7 Å². The number of ether oxygens (including phenoxy) is 4. The molecule has 110 heavy (non-hydrogen) atoms. The molecule has 0 saturated carbocycles. The number of hydrogen-bond acceptors (Lipinski definition) is 15. The second-order valence-electron chi connectivity index (χ2n) is 33.2.